The minimum Gasteiger partial charge on any atom is -0.389 e. The van der Waals surface area contributed by atoms with Gasteiger partial charge in [0.25, 0.3) is 0 Å². The molecule has 0 heterocycles. The summed E-state index contributed by atoms with van der Waals surface area (Å²) in [5, 5.41) is 9.86. The van der Waals surface area contributed by atoms with Crippen LogP contribution in [0.1, 0.15) is 31.9 Å². The van der Waals surface area contributed by atoms with Crippen LogP contribution < -0.4 is 5.73 Å². The molecule has 0 aromatic heterocycles. The van der Waals surface area contributed by atoms with Crippen LogP contribution in [-0.4, -0.2) is 28.7 Å². The van der Waals surface area contributed by atoms with Crippen LogP contribution in [0.2, 0.25) is 0 Å². The maximum absolute atomic E-state index is 9.86. The second-order valence-electron chi connectivity index (χ2n) is 5.09. The molecule has 0 aliphatic rings. The maximum atomic E-state index is 9.86. The van der Waals surface area contributed by atoms with Gasteiger partial charge in [-0.2, -0.15) is 0 Å². The van der Waals surface area contributed by atoms with Gasteiger partial charge in [-0.05, 0) is 31.5 Å². The van der Waals surface area contributed by atoms with Crippen molar-refractivity contribution in [2.75, 3.05) is 13.1 Å². The summed E-state index contributed by atoms with van der Waals surface area (Å²) in [6.07, 6.45) is 0. The van der Waals surface area contributed by atoms with Crippen molar-refractivity contribution in [2.45, 2.75) is 39.5 Å². The molecule has 1 aromatic carbocycles. The Morgan fingerprint density at radius 1 is 1.24 bits per heavy atom. The number of nitrogens with two attached hydrogens (primary N) is 1. The zero-order valence-electron chi connectivity index (χ0n) is 11.1. The van der Waals surface area contributed by atoms with E-state index >= 15 is 0 Å². The number of likely N-dealkylation sites (N-methyl/N-ethyl adjacent to an activating group) is 1. The van der Waals surface area contributed by atoms with Crippen molar-refractivity contribution in [3.05, 3.63) is 35.4 Å². The average Bonchev–Trinajstić information content (AvgIpc) is 2.27. The van der Waals surface area contributed by atoms with Crippen LogP contribution in [0.25, 0.3) is 0 Å². The van der Waals surface area contributed by atoms with Crippen LogP contribution >= 0.6 is 0 Å². The fourth-order valence-electron chi connectivity index (χ4n) is 1.98. The van der Waals surface area contributed by atoms with Gasteiger partial charge in [-0.25, -0.2) is 0 Å². The molecule has 0 radical (unpaired) electrons. The summed E-state index contributed by atoms with van der Waals surface area (Å²) in [6.45, 7) is 8.78. The van der Waals surface area contributed by atoms with E-state index in [1.54, 1.807) is 0 Å². The normalized spacial score (nSPS) is 12.1. The van der Waals surface area contributed by atoms with Gasteiger partial charge in [0.1, 0.15) is 0 Å². The highest BCUT2D eigenvalue weighted by Crippen LogP contribution is 2.13. The Labute approximate surface area is 104 Å². The number of hydrogen-bond acceptors (Lipinski definition) is 3. The summed E-state index contributed by atoms with van der Waals surface area (Å²) < 4.78 is 0. The van der Waals surface area contributed by atoms with E-state index in [0.717, 1.165) is 13.1 Å². The molecule has 17 heavy (non-hydrogen) atoms. The largest absolute Gasteiger partial charge is 0.389 e. The molecule has 0 fully saturated rings. The van der Waals surface area contributed by atoms with Crippen molar-refractivity contribution in [1.29, 1.82) is 0 Å². The molecular weight excluding hydrogens is 212 g/mol. The predicted octanol–water partition coefficient (Wildman–Crippen LogP) is 1.74. The SMILES string of the molecule is CCN(Cc1ccccc1CN)CC(C)(C)O. The molecule has 0 bridgehead atoms. The molecule has 3 nitrogen and oxygen atoms in total. The lowest BCUT2D eigenvalue weighted by atomic mass is 10.1. The Bertz CT molecular complexity index is 344. The third-order valence-electron chi connectivity index (χ3n) is 2.79. The molecule has 0 aliphatic heterocycles. The zero-order chi connectivity index (χ0) is 12.9. The highest BCUT2D eigenvalue weighted by molar-refractivity contribution is 5.26. The predicted molar refractivity (Wildman–Crippen MR) is 71.6 cm³/mol. The first-order valence-electron chi connectivity index (χ1n) is 6.18. The van der Waals surface area contributed by atoms with E-state index in [-0.39, 0.29) is 0 Å². The Balaban J connectivity index is 2.73. The van der Waals surface area contributed by atoms with Crippen molar-refractivity contribution >= 4 is 0 Å². The molecular formula is C14H24N2O. The second kappa shape index (κ2) is 6.15. The van der Waals surface area contributed by atoms with Gasteiger partial charge in [0, 0.05) is 19.6 Å². The van der Waals surface area contributed by atoms with Crippen LogP contribution in [0.15, 0.2) is 24.3 Å². The van der Waals surface area contributed by atoms with Gasteiger partial charge >= 0.3 is 0 Å². The topological polar surface area (TPSA) is 49.5 Å². The third kappa shape index (κ3) is 4.86. The van der Waals surface area contributed by atoms with Crippen molar-refractivity contribution < 1.29 is 5.11 Å². The number of nitrogens with zero attached hydrogens (tertiary/aromatic N) is 1. The van der Waals surface area contributed by atoms with E-state index in [2.05, 4.69) is 24.0 Å². The highest BCUT2D eigenvalue weighted by Gasteiger charge is 2.17. The lowest BCUT2D eigenvalue weighted by molar-refractivity contribution is 0.0352. The second-order valence-corrected chi connectivity index (χ2v) is 5.09. The van der Waals surface area contributed by atoms with Crippen LogP contribution in [-0.2, 0) is 13.1 Å². The van der Waals surface area contributed by atoms with Crippen LogP contribution in [0.3, 0.4) is 0 Å². The molecule has 1 rings (SSSR count). The third-order valence-corrected chi connectivity index (χ3v) is 2.79. The Kier molecular flexibility index (Phi) is 5.12. The molecule has 0 aliphatic carbocycles. The van der Waals surface area contributed by atoms with E-state index in [9.17, 15) is 5.11 Å². The monoisotopic (exact) mass is 236 g/mol. The van der Waals surface area contributed by atoms with E-state index in [4.69, 9.17) is 5.73 Å². The number of hydrogen-bond donors (Lipinski definition) is 2. The number of aliphatic hydroxyl groups is 1. The van der Waals surface area contributed by atoms with E-state index in [0.29, 0.717) is 13.1 Å². The van der Waals surface area contributed by atoms with Gasteiger partial charge in [-0.15, -0.1) is 0 Å². The minimum absolute atomic E-state index is 0.566. The van der Waals surface area contributed by atoms with E-state index in [1.807, 2.05) is 26.0 Å². The molecule has 0 saturated carbocycles. The smallest absolute Gasteiger partial charge is 0.0718 e. The number of rotatable bonds is 6. The Hall–Kier alpha value is -0.900. The molecule has 1 aromatic rings. The maximum Gasteiger partial charge on any atom is 0.0718 e. The van der Waals surface area contributed by atoms with Crippen LogP contribution in [0, 0.1) is 0 Å². The number of benzene rings is 1. The first kappa shape index (κ1) is 14.2. The average molecular weight is 236 g/mol. The summed E-state index contributed by atoms with van der Waals surface area (Å²) in [7, 11) is 0. The fourth-order valence-corrected chi connectivity index (χ4v) is 1.98. The lowest BCUT2D eigenvalue weighted by Gasteiger charge is -2.28. The van der Waals surface area contributed by atoms with Crippen molar-refractivity contribution in [3.63, 3.8) is 0 Å². The summed E-state index contributed by atoms with van der Waals surface area (Å²) in [5.74, 6) is 0. The molecule has 0 unspecified atom stereocenters. The molecule has 96 valence electrons. The zero-order valence-corrected chi connectivity index (χ0v) is 11.1. The Morgan fingerprint density at radius 3 is 2.29 bits per heavy atom. The summed E-state index contributed by atoms with van der Waals surface area (Å²) in [6, 6.07) is 8.22. The summed E-state index contributed by atoms with van der Waals surface area (Å²) >= 11 is 0. The summed E-state index contributed by atoms with van der Waals surface area (Å²) in [5.41, 5.74) is 7.50. The van der Waals surface area contributed by atoms with Crippen LogP contribution in [0.5, 0.6) is 0 Å². The lowest BCUT2D eigenvalue weighted by Crippen LogP contribution is -2.38. The Morgan fingerprint density at radius 2 is 1.82 bits per heavy atom. The standard InChI is InChI=1S/C14H24N2O/c1-4-16(11-14(2,3)17)10-13-8-6-5-7-12(13)9-15/h5-8,17H,4,9-11,15H2,1-3H3. The van der Waals surface area contributed by atoms with E-state index < -0.39 is 5.60 Å². The van der Waals surface area contributed by atoms with Crippen molar-refractivity contribution in [3.8, 4) is 0 Å². The molecule has 3 heteroatoms. The quantitative estimate of drug-likeness (QED) is 0.791. The first-order chi connectivity index (χ1) is 7.96. The van der Waals surface area contributed by atoms with Gasteiger partial charge in [-0.1, -0.05) is 31.2 Å². The molecule has 0 amide bonds. The molecule has 0 atom stereocenters. The van der Waals surface area contributed by atoms with Crippen molar-refractivity contribution in [2.24, 2.45) is 5.73 Å². The highest BCUT2D eigenvalue weighted by atomic mass is 16.3. The molecule has 3 N–H and O–H groups in total. The van der Waals surface area contributed by atoms with Gasteiger partial charge in [-0.3, -0.25) is 4.90 Å². The fraction of sp³-hybridized carbons (Fsp3) is 0.571. The van der Waals surface area contributed by atoms with Crippen LogP contribution in [0.4, 0.5) is 0 Å². The van der Waals surface area contributed by atoms with Gasteiger partial charge < -0.3 is 10.8 Å². The van der Waals surface area contributed by atoms with E-state index in [1.165, 1.54) is 11.1 Å². The van der Waals surface area contributed by atoms with Gasteiger partial charge in [0.05, 0.1) is 5.60 Å². The first-order valence-corrected chi connectivity index (χ1v) is 6.18. The minimum atomic E-state index is -0.659. The summed E-state index contributed by atoms with van der Waals surface area (Å²) in [4.78, 5) is 2.23. The molecule has 0 spiro atoms. The van der Waals surface area contributed by atoms with Gasteiger partial charge in [0.2, 0.25) is 0 Å². The molecule has 0 saturated heterocycles. The van der Waals surface area contributed by atoms with Crippen molar-refractivity contribution in [1.82, 2.24) is 4.90 Å². The van der Waals surface area contributed by atoms with Gasteiger partial charge in [0.15, 0.2) is 0 Å².